The number of anilines is 3. The minimum Gasteiger partial charge on any atom is -0.366 e. The Morgan fingerprint density at radius 2 is 2.00 bits per heavy atom. The van der Waals surface area contributed by atoms with Gasteiger partial charge >= 0.3 is 0 Å². The smallest absolute Gasteiger partial charge is 0.228 e. The Hall–Kier alpha value is -3.43. The summed E-state index contributed by atoms with van der Waals surface area (Å²) in [6.07, 6.45) is 16.3. The first kappa shape index (κ1) is 25.5. The number of fused-ring (bicyclic) bond motifs is 1. The molecule has 1 aliphatic heterocycles. The van der Waals surface area contributed by atoms with Crippen molar-refractivity contribution in [3.8, 4) is 0 Å². The van der Waals surface area contributed by atoms with E-state index in [1.807, 2.05) is 6.08 Å². The standard InChI is InChI=1S/C30H35ClN8O/c1-30(6-2-3-21(31)14-30)24-12-23(24)29(40)37-27-13-26(34-18-35-27)33-15-22-17-39-16-20(19-4-5-19)11-25(28(39)36-22)38-9-7-32-8-10-38/h2-3,11,13-14,16-19,23-24,32H,4-10,12,15H2,1H3,(H2,33,34,35,37,40)/t23-,24-,30?/m0/s1. The predicted molar refractivity (Wildman–Crippen MR) is 158 cm³/mol. The summed E-state index contributed by atoms with van der Waals surface area (Å²) in [6, 6.07) is 4.13. The third kappa shape index (κ3) is 5.20. The lowest BCUT2D eigenvalue weighted by Crippen LogP contribution is -2.43. The van der Waals surface area contributed by atoms with Crippen molar-refractivity contribution in [3.05, 3.63) is 65.4 Å². The lowest BCUT2D eigenvalue weighted by atomic mass is 9.78. The molecule has 3 N–H and O–H groups in total. The number of pyridine rings is 1. The number of allylic oxidation sites excluding steroid dienone is 4. The molecule has 4 heterocycles. The molecule has 3 aromatic heterocycles. The number of carbonyl (C=O) groups excluding carboxylic acids is 1. The molecule has 3 fully saturated rings. The summed E-state index contributed by atoms with van der Waals surface area (Å²) in [5.41, 5.74) is 4.48. The SMILES string of the molecule is CC1([C@H]2C[C@@H]2C(=O)Nc2cc(NCc3cn4cc(C5CC5)cc(N5CCNCC5)c4n3)ncn2)C=C(Cl)C=CC1. The minimum absolute atomic E-state index is 0.00205. The number of nitrogens with one attached hydrogen (secondary N) is 3. The monoisotopic (exact) mass is 558 g/mol. The van der Waals surface area contributed by atoms with E-state index in [1.165, 1.54) is 30.4 Å². The first-order valence-electron chi connectivity index (χ1n) is 14.3. The van der Waals surface area contributed by atoms with Gasteiger partial charge in [-0.15, -0.1) is 0 Å². The van der Waals surface area contributed by atoms with Gasteiger partial charge in [-0.25, -0.2) is 15.0 Å². The van der Waals surface area contributed by atoms with Crippen molar-refractivity contribution < 1.29 is 4.79 Å². The average Bonchev–Trinajstić information content (AvgIpc) is 3.88. The number of piperazine rings is 1. The van der Waals surface area contributed by atoms with Crippen LogP contribution in [0.3, 0.4) is 0 Å². The highest BCUT2D eigenvalue weighted by atomic mass is 35.5. The van der Waals surface area contributed by atoms with Gasteiger partial charge in [-0.3, -0.25) is 4.79 Å². The first-order valence-corrected chi connectivity index (χ1v) is 14.7. The van der Waals surface area contributed by atoms with Crippen molar-refractivity contribution in [1.29, 1.82) is 0 Å². The largest absolute Gasteiger partial charge is 0.366 e. The van der Waals surface area contributed by atoms with Crippen LogP contribution >= 0.6 is 11.6 Å². The molecule has 4 aliphatic rings. The van der Waals surface area contributed by atoms with Crippen molar-refractivity contribution in [2.24, 2.45) is 17.3 Å². The number of amides is 1. The van der Waals surface area contributed by atoms with Crippen LogP contribution in [0.15, 0.2) is 54.1 Å². The molecule has 0 aromatic carbocycles. The molecule has 3 atom stereocenters. The number of nitrogens with zero attached hydrogens (tertiary/aromatic N) is 5. The molecular weight excluding hydrogens is 524 g/mol. The highest BCUT2D eigenvalue weighted by molar-refractivity contribution is 6.31. The maximum absolute atomic E-state index is 13.0. The zero-order valence-electron chi connectivity index (χ0n) is 22.7. The van der Waals surface area contributed by atoms with Gasteiger partial charge in [0.2, 0.25) is 5.91 Å². The van der Waals surface area contributed by atoms with E-state index >= 15 is 0 Å². The summed E-state index contributed by atoms with van der Waals surface area (Å²) in [6.45, 7) is 6.66. The van der Waals surface area contributed by atoms with E-state index in [1.54, 1.807) is 6.07 Å². The summed E-state index contributed by atoms with van der Waals surface area (Å²) >= 11 is 6.25. The predicted octanol–water partition coefficient (Wildman–Crippen LogP) is 4.69. The Balaban J connectivity index is 1.02. The first-order chi connectivity index (χ1) is 19.4. The number of carbonyl (C=O) groups is 1. The Kier molecular flexibility index (Phi) is 6.51. The van der Waals surface area contributed by atoms with Gasteiger partial charge in [0.15, 0.2) is 5.65 Å². The van der Waals surface area contributed by atoms with Crippen LogP contribution in [0.5, 0.6) is 0 Å². The third-order valence-corrected chi connectivity index (χ3v) is 8.99. The van der Waals surface area contributed by atoms with Crippen LogP contribution in [0.4, 0.5) is 17.3 Å². The number of halogens is 1. The molecule has 208 valence electrons. The molecule has 3 aromatic rings. The molecular formula is C30H35ClN8O. The van der Waals surface area contributed by atoms with Gasteiger partial charge in [0, 0.05) is 55.6 Å². The molecule has 3 aliphatic carbocycles. The molecule has 1 unspecified atom stereocenters. The lowest BCUT2D eigenvalue weighted by Gasteiger charge is -2.30. The molecule has 7 rings (SSSR count). The highest BCUT2D eigenvalue weighted by Gasteiger charge is 2.52. The Bertz CT molecular complexity index is 1500. The van der Waals surface area contributed by atoms with E-state index in [-0.39, 0.29) is 23.2 Å². The van der Waals surface area contributed by atoms with Gasteiger partial charge in [-0.1, -0.05) is 30.7 Å². The molecule has 0 bridgehead atoms. The summed E-state index contributed by atoms with van der Waals surface area (Å²) in [5.74, 6) is 2.07. The van der Waals surface area contributed by atoms with Gasteiger partial charge in [0.25, 0.3) is 0 Å². The number of aromatic nitrogens is 4. The van der Waals surface area contributed by atoms with E-state index in [0.717, 1.165) is 55.4 Å². The van der Waals surface area contributed by atoms with Gasteiger partial charge in [0.05, 0.1) is 17.9 Å². The van der Waals surface area contributed by atoms with Crippen molar-refractivity contribution in [1.82, 2.24) is 24.7 Å². The summed E-state index contributed by atoms with van der Waals surface area (Å²) < 4.78 is 2.19. The van der Waals surface area contributed by atoms with Gasteiger partial charge < -0.3 is 25.3 Å². The highest BCUT2D eigenvalue weighted by Crippen LogP contribution is 2.55. The second kappa shape index (κ2) is 10.2. The van der Waals surface area contributed by atoms with E-state index in [0.29, 0.717) is 24.1 Å². The maximum atomic E-state index is 13.0. The second-order valence-electron chi connectivity index (χ2n) is 11.9. The molecule has 9 nitrogen and oxygen atoms in total. The fourth-order valence-electron chi connectivity index (χ4n) is 6.26. The van der Waals surface area contributed by atoms with Crippen LogP contribution in [0.25, 0.3) is 5.65 Å². The van der Waals surface area contributed by atoms with Crippen molar-refractivity contribution >= 4 is 40.5 Å². The molecule has 1 amide bonds. The zero-order valence-corrected chi connectivity index (χ0v) is 23.5. The molecule has 0 spiro atoms. The second-order valence-corrected chi connectivity index (χ2v) is 12.3. The van der Waals surface area contributed by atoms with Crippen molar-refractivity contribution in [3.63, 3.8) is 0 Å². The fourth-order valence-corrected chi connectivity index (χ4v) is 6.60. The minimum atomic E-state index is -0.0789. The van der Waals surface area contributed by atoms with Crippen LogP contribution in [0, 0.1) is 17.3 Å². The maximum Gasteiger partial charge on any atom is 0.228 e. The zero-order chi connectivity index (χ0) is 27.3. The fraction of sp³-hybridized carbons (Fsp3) is 0.467. The topological polar surface area (TPSA) is 99.5 Å². The van der Waals surface area contributed by atoms with E-state index in [9.17, 15) is 4.79 Å². The van der Waals surface area contributed by atoms with Crippen molar-refractivity contribution in [2.45, 2.75) is 45.1 Å². The molecule has 2 saturated carbocycles. The number of imidazole rings is 1. The van der Waals surface area contributed by atoms with Gasteiger partial charge in [-0.05, 0) is 60.6 Å². The van der Waals surface area contributed by atoms with Crippen LogP contribution in [-0.4, -0.2) is 51.4 Å². The van der Waals surface area contributed by atoms with E-state index in [2.05, 4.69) is 72.8 Å². The summed E-state index contributed by atoms with van der Waals surface area (Å²) in [4.78, 5) is 29.1. The van der Waals surface area contributed by atoms with E-state index in [4.69, 9.17) is 16.6 Å². The van der Waals surface area contributed by atoms with Crippen LogP contribution in [-0.2, 0) is 11.3 Å². The summed E-state index contributed by atoms with van der Waals surface area (Å²) in [7, 11) is 0. The average molecular weight is 559 g/mol. The summed E-state index contributed by atoms with van der Waals surface area (Å²) in [5, 5.41) is 10.6. The Morgan fingerprint density at radius 3 is 2.80 bits per heavy atom. The van der Waals surface area contributed by atoms with Crippen LogP contribution < -0.4 is 20.9 Å². The van der Waals surface area contributed by atoms with Gasteiger partial charge in [-0.2, -0.15) is 0 Å². The van der Waals surface area contributed by atoms with E-state index < -0.39 is 0 Å². The molecule has 40 heavy (non-hydrogen) atoms. The Labute approximate surface area is 239 Å². The number of rotatable bonds is 8. The lowest BCUT2D eigenvalue weighted by molar-refractivity contribution is -0.117. The molecule has 10 heteroatoms. The molecule has 0 radical (unpaired) electrons. The van der Waals surface area contributed by atoms with Crippen LogP contribution in [0.1, 0.15) is 49.8 Å². The van der Waals surface area contributed by atoms with Crippen LogP contribution in [0.2, 0.25) is 0 Å². The quantitative estimate of drug-likeness (QED) is 0.369. The third-order valence-electron chi connectivity index (χ3n) is 8.75. The van der Waals surface area contributed by atoms with Gasteiger partial charge in [0.1, 0.15) is 18.0 Å². The van der Waals surface area contributed by atoms with Crippen molar-refractivity contribution in [2.75, 3.05) is 41.7 Å². The molecule has 1 saturated heterocycles. The number of hydrogen-bond donors (Lipinski definition) is 3. The number of hydrogen-bond acceptors (Lipinski definition) is 7. The normalized spacial score (nSPS) is 26.1. The Morgan fingerprint density at radius 1 is 1.18 bits per heavy atom.